The fourth-order valence-corrected chi connectivity index (χ4v) is 4.44. The number of methoxy groups -OCH3 is 1. The second kappa shape index (κ2) is 7.87. The van der Waals surface area contributed by atoms with Crippen molar-refractivity contribution >= 4 is 38.3 Å². The lowest BCUT2D eigenvalue weighted by atomic mass is 9.96. The van der Waals surface area contributed by atoms with Gasteiger partial charge in [-0.05, 0) is 49.2 Å². The van der Waals surface area contributed by atoms with Gasteiger partial charge in [-0.15, -0.1) is 0 Å². The van der Waals surface area contributed by atoms with Crippen LogP contribution in [0.1, 0.15) is 18.4 Å². The lowest BCUT2D eigenvalue weighted by molar-refractivity contribution is -0.120. The normalized spacial score (nSPS) is 14.6. The third kappa shape index (κ3) is 3.78. The summed E-state index contributed by atoms with van der Waals surface area (Å²) < 4.78 is 6.39. The first-order valence-corrected chi connectivity index (χ1v) is 9.98. The van der Waals surface area contributed by atoms with Gasteiger partial charge in [0.1, 0.15) is 5.75 Å². The highest BCUT2D eigenvalue weighted by molar-refractivity contribution is 7.22. The molecule has 0 bridgehead atoms. The van der Waals surface area contributed by atoms with E-state index in [-0.39, 0.29) is 11.8 Å². The van der Waals surface area contributed by atoms with Gasteiger partial charge in [-0.2, -0.15) is 5.26 Å². The maximum Gasteiger partial charge on any atom is 0.227 e. The molecular formula is C21H20N4O2S. The fraction of sp³-hybridized carbons (Fsp3) is 0.286. The highest BCUT2D eigenvalue weighted by Gasteiger charge is 2.26. The Morgan fingerprint density at radius 2 is 2.11 bits per heavy atom. The number of aromatic nitrogens is 1. The van der Waals surface area contributed by atoms with Crippen LogP contribution in [0.15, 0.2) is 42.5 Å². The van der Waals surface area contributed by atoms with Crippen LogP contribution in [0.2, 0.25) is 0 Å². The van der Waals surface area contributed by atoms with E-state index in [0.29, 0.717) is 11.3 Å². The number of nitrogens with one attached hydrogen (secondary N) is 1. The van der Waals surface area contributed by atoms with Crippen LogP contribution in [-0.2, 0) is 4.79 Å². The molecular weight excluding hydrogens is 372 g/mol. The second-order valence-corrected chi connectivity index (χ2v) is 7.78. The zero-order valence-corrected chi connectivity index (χ0v) is 16.3. The van der Waals surface area contributed by atoms with Gasteiger partial charge in [-0.1, -0.05) is 17.4 Å². The Kier molecular flexibility index (Phi) is 5.13. The predicted molar refractivity (Wildman–Crippen MR) is 111 cm³/mol. The van der Waals surface area contributed by atoms with Gasteiger partial charge in [0.25, 0.3) is 0 Å². The molecule has 1 aromatic heterocycles. The molecule has 6 nitrogen and oxygen atoms in total. The van der Waals surface area contributed by atoms with Crippen LogP contribution < -0.4 is 15.0 Å². The van der Waals surface area contributed by atoms with Crippen molar-refractivity contribution in [2.45, 2.75) is 12.8 Å². The third-order valence-corrected chi connectivity index (χ3v) is 6.06. The summed E-state index contributed by atoms with van der Waals surface area (Å²) in [4.78, 5) is 19.6. The summed E-state index contributed by atoms with van der Waals surface area (Å²) >= 11 is 1.65. The molecule has 2 aromatic carbocycles. The second-order valence-electron chi connectivity index (χ2n) is 6.77. The van der Waals surface area contributed by atoms with Crippen LogP contribution in [0.25, 0.3) is 10.2 Å². The molecule has 1 aliphatic rings. The first kappa shape index (κ1) is 18.3. The minimum Gasteiger partial charge on any atom is -0.497 e. The van der Waals surface area contributed by atoms with Gasteiger partial charge in [-0.3, -0.25) is 4.79 Å². The Bertz CT molecular complexity index is 1050. The van der Waals surface area contributed by atoms with Gasteiger partial charge in [0, 0.05) is 24.7 Å². The average Bonchev–Trinajstić information content (AvgIpc) is 3.17. The number of piperidine rings is 1. The van der Waals surface area contributed by atoms with E-state index in [9.17, 15) is 4.79 Å². The van der Waals surface area contributed by atoms with Crippen molar-refractivity contribution in [3.63, 3.8) is 0 Å². The standard InChI is InChI=1S/C21H20N4O2S/c1-27-17-5-6-18-19(12-17)28-21(24-18)25-9-7-15(8-10-25)20(26)23-16-4-2-3-14(11-16)13-22/h2-6,11-12,15H,7-10H2,1H3,(H,23,26). The molecule has 1 fully saturated rings. The largest absolute Gasteiger partial charge is 0.497 e. The zero-order valence-electron chi connectivity index (χ0n) is 15.5. The van der Waals surface area contributed by atoms with E-state index in [0.717, 1.165) is 47.0 Å². The Morgan fingerprint density at radius 1 is 1.29 bits per heavy atom. The first-order chi connectivity index (χ1) is 13.7. The molecule has 0 spiro atoms. The van der Waals surface area contributed by atoms with E-state index in [4.69, 9.17) is 15.0 Å². The minimum absolute atomic E-state index is 0.0174. The number of fused-ring (bicyclic) bond motifs is 1. The lowest BCUT2D eigenvalue weighted by Crippen LogP contribution is -2.38. The van der Waals surface area contributed by atoms with Crippen LogP contribution in [0, 0.1) is 17.2 Å². The number of carbonyl (C=O) groups excluding carboxylic acids is 1. The maximum atomic E-state index is 12.6. The molecule has 4 rings (SSSR count). The highest BCUT2D eigenvalue weighted by Crippen LogP contribution is 2.33. The smallest absolute Gasteiger partial charge is 0.227 e. The minimum atomic E-state index is -0.0311. The van der Waals surface area contributed by atoms with Gasteiger partial charge in [-0.25, -0.2) is 4.98 Å². The summed E-state index contributed by atoms with van der Waals surface area (Å²) in [6.45, 7) is 1.60. The van der Waals surface area contributed by atoms with Crippen molar-refractivity contribution in [3.8, 4) is 11.8 Å². The number of rotatable bonds is 4. The van der Waals surface area contributed by atoms with E-state index in [1.54, 1.807) is 36.6 Å². The number of ether oxygens (including phenoxy) is 1. The van der Waals surface area contributed by atoms with Crippen molar-refractivity contribution in [1.29, 1.82) is 5.26 Å². The monoisotopic (exact) mass is 392 g/mol. The summed E-state index contributed by atoms with van der Waals surface area (Å²) in [7, 11) is 1.66. The predicted octanol–water partition coefficient (Wildman–Crippen LogP) is 4.03. The number of carbonyl (C=O) groups is 1. The molecule has 2 heterocycles. The van der Waals surface area contributed by atoms with Crippen molar-refractivity contribution in [3.05, 3.63) is 48.0 Å². The number of hydrogen-bond acceptors (Lipinski definition) is 6. The number of hydrogen-bond donors (Lipinski definition) is 1. The fourth-order valence-electron chi connectivity index (χ4n) is 3.40. The SMILES string of the molecule is COc1ccc2nc(N3CCC(C(=O)Nc4cccc(C#N)c4)CC3)sc2c1. The average molecular weight is 392 g/mol. The summed E-state index contributed by atoms with van der Waals surface area (Å²) in [6, 6.07) is 15.0. The highest BCUT2D eigenvalue weighted by atomic mass is 32.1. The summed E-state index contributed by atoms with van der Waals surface area (Å²) in [5.41, 5.74) is 2.18. The molecule has 0 radical (unpaired) electrons. The molecule has 7 heteroatoms. The molecule has 1 aliphatic heterocycles. The molecule has 28 heavy (non-hydrogen) atoms. The van der Waals surface area contributed by atoms with E-state index in [1.165, 1.54) is 0 Å². The van der Waals surface area contributed by atoms with E-state index in [2.05, 4.69) is 16.3 Å². The van der Waals surface area contributed by atoms with Crippen LogP contribution in [0.3, 0.4) is 0 Å². The van der Waals surface area contributed by atoms with Gasteiger partial charge in [0.2, 0.25) is 5.91 Å². The van der Waals surface area contributed by atoms with Crippen LogP contribution in [-0.4, -0.2) is 31.1 Å². The van der Waals surface area contributed by atoms with Crippen molar-refractivity contribution in [2.75, 3.05) is 30.4 Å². The number of amides is 1. The van der Waals surface area contributed by atoms with Crippen LogP contribution in [0.5, 0.6) is 5.75 Å². The lowest BCUT2D eigenvalue weighted by Gasteiger charge is -2.31. The van der Waals surface area contributed by atoms with Gasteiger partial charge in [0.05, 0.1) is 29.0 Å². The zero-order chi connectivity index (χ0) is 19.5. The van der Waals surface area contributed by atoms with Crippen molar-refractivity contribution < 1.29 is 9.53 Å². The van der Waals surface area contributed by atoms with Gasteiger partial charge < -0.3 is 15.0 Å². The molecule has 1 N–H and O–H groups in total. The Morgan fingerprint density at radius 3 is 2.86 bits per heavy atom. The Balaban J connectivity index is 1.39. The molecule has 0 atom stereocenters. The molecule has 1 amide bonds. The van der Waals surface area contributed by atoms with Gasteiger partial charge >= 0.3 is 0 Å². The number of benzene rings is 2. The van der Waals surface area contributed by atoms with Crippen LogP contribution >= 0.6 is 11.3 Å². The molecule has 0 unspecified atom stereocenters. The molecule has 3 aromatic rings. The quantitative estimate of drug-likeness (QED) is 0.725. The molecule has 0 saturated carbocycles. The molecule has 0 aliphatic carbocycles. The first-order valence-electron chi connectivity index (χ1n) is 9.17. The Hall–Kier alpha value is -3.11. The summed E-state index contributed by atoms with van der Waals surface area (Å²) in [6.07, 6.45) is 1.56. The number of nitrogens with zero attached hydrogens (tertiary/aromatic N) is 3. The van der Waals surface area contributed by atoms with E-state index >= 15 is 0 Å². The molecule has 142 valence electrons. The summed E-state index contributed by atoms with van der Waals surface area (Å²) in [5.74, 6) is 0.818. The topological polar surface area (TPSA) is 78.2 Å². The van der Waals surface area contributed by atoms with Crippen molar-refractivity contribution in [1.82, 2.24) is 4.98 Å². The maximum absolute atomic E-state index is 12.6. The number of thiazole rings is 1. The van der Waals surface area contributed by atoms with E-state index < -0.39 is 0 Å². The molecule has 1 saturated heterocycles. The summed E-state index contributed by atoms with van der Waals surface area (Å²) in [5, 5.41) is 12.9. The number of nitriles is 1. The Labute approximate surface area is 167 Å². The number of anilines is 2. The van der Waals surface area contributed by atoms with Crippen molar-refractivity contribution in [2.24, 2.45) is 5.92 Å². The third-order valence-electron chi connectivity index (χ3n) is 4.98. The van der Waals surface area contributed by atoms with Crippen LogP contribution in [0.4, 0.5) is 10.8 Å². The van der Waals surface area contributed by atoms with E-state index in [1.807, 2.05) is 24.3 Å². The van der Waals surface area contributed by atoms with Gasteiger partial charge in [0.15, 0.2) is 5.13 Å².